The van der Waals surface area contributed by atoms with E-state index in [1.54, 1.807) is 5.57 Å². The smallest absolute Gasteiger partial charge is 0.410 e. The first-order valence-corrected chi connectivity index (χ1v) is 19.1. The van der Waals surface area contributed by atoms with Crippen molar-refractivity contribution in [3.8, 4) is 0 Å². The molecule has 9 atom stereocenters. The Morgan fingerprint density at radius 2 is 1.60 bits per heavy atom. The van der Waals surface area contributed by atoms with E-state index < -0.39 is 0 Å². The Balaban J connectivity index is 1.40. The average Bonchev–Trinajstić information content (AvgIpc) is 3.29. The number of rotatable bonds is 13. The van der Waals surface area contributed by atoms with Crippen LogP contribution in [0.3, 0.4) is 0 Å². The number of nitrogens with zero attached hydrogens (tertiary/aromatic N) is 1. The van der Waals surface area contributed by atoms with Gasteiger partial charge >= 0.3 is 6.09 Å². The summed E-state index contributed by atoms with van der Waals surface area (Å²) in [5.74, 6) is 5.88. The van der Waals surface area contributed by atoms with Gasteiger partial charge in [0.2, 0.25) is 0 Å². The number of ether oxygens (including phenoxy) is 1. The standard InChI is InChI=1S/C40H73N3O2/c1-11-29(27(2)3)13-12-28(4)33-16-17-34-32-15-14-30-26-31(18-20-39(30,9)35(32)19-21-40(33,34)10)45-36(44)43(24-22-37(5,6)41)25-23-38(7,8)42/h14,27-29,31-35H,11-13,15-26,41-42H2,1-10H3/t28?,29?,31-,32-,33+,34-,35-,39-,40+/m0/s1. The fourth-order valence-corrected chi connectivity index (χ4v) is 10.7. The molecule has 4 rings (SSSR count). The summed E-state index contributed by atoms with van der Waals surface area (Å²) >= 11 is 0. The predicted molar refractivity (Wildman–Crippen MR) is 190 cm³/mol. The van der Waals surface area contributed by atoms with Crippen LogP contribution >= 0.6 is 0 Å². The van der Waals surface area contributed by atoms with Crippen molar-refractivity contribution in [2.75, 3.05) is 13.1 Å². The molecule has 0 aliphatic heterocycles. The van der Waals surface area contributed by atoms with Crippen molar-refractivity contribution in [1.29, 1.82) is 0 Å². The van der Waals surface area contributed by atoms with Gasteiger partial charge in [0.05, 0.1) is 0 Å². The summed E-state index contributed by atoms with van der Waals surface area (Å²) in [4.78, 5) is 15.3. The van der Waals surface area contributed by atoms with Gasteiger partial charge in [-0.2, -0.15) is 0 Å². The molecule has 45 heavy (non-hydrogen) atoms. The van der Waals surface area contributed by atoms with Crippen LogP contribution in [0.1, 0.15) is 153 Å². The monoisotopic (exact) mass is 628 g/mol. The van der Waals surface area contributed by atoms with Gasteiger partial charge in [-0.15, -0.1) is 0 Å². The van der Waals surface area contributed by atoms with Crippen molar-refractivity contribution in [3.63, 3.8) is 0 Å². The molecule has 0 aromatic carbocycles. The summed E-state index contributed by atoms with van der Waals surface area (Å²) in [6.45, 7) is 24.4. The molecule has 5 heteroatoms. The molecule has 2 unspecified atom stereocenters. The van der Waals surface area contributed by atoms with Gasteiger partial charge in [0.15, 0.2) is 0 Å². The Hall–Kier alpha value is -1.07. The van der Waals surface area contributed by atoms with E-state index in [0.717, 1.165) is 73.5 Å². The Morgan fingerprint density at radius 3 is 2.18 bits per heavy atom. The van der Waals surface area contributed by atoms with Crippen molar-refractivity contribution in [1.82, 2.24) is 4.90 Å². The number of hydrogen-bond donors (Lipinski definition) is 2. The highest BCUT2D eigenvalue weighted by Crippen LogP contribution is 2.67. The first-order valence-electron chi connectivity index (χ1n) is 19.1. The minimum absolute atomic E-state index is 0.0315. The molecule has 1 amide bonds. The third kappa shape index (κ3) is 8.51. The zero-order valence-electron chi connectivity index (χ0n) is 31.2. The van der Waals surface area contributed by atoms with Crippen molar-refractivity contribution in [2.24, 2.45) is 63.7 Å². The Kier molecular flexibility index (Phi) is 11.6. The second kappa shape index (κ2) is 14.2. The number of amides is 1. The van der Waals surface area contributed by atoms with Crippen LogP contribution in [-0.4, -0.2) is 41.3 Å². The largest absolute Gasteiger partial charge is 0.446 e. The summed E-state index contributed by atoms with van der Waals surface area (Å²) < 4.78 is 6.27. The number of fused-ring (bicyclic) bond motifs is 5. The Bertz CT molecular complexity index is 1010. The lowest BCUT2D eigenvalue weighted by Gasteiger charge is -2.58. The second-order valence-corrected chi connectivity index (χ2v) is 18.7. The van der Waals surface area contributed by atoms with Gasteiger partial charge in [0.1, 0.15) is 6.10 Å². The van der Waals surface area contributed by atoms with Crippen molar-refractivity contribution < 1.29 is 9.53 Å². The van der Waals surface area contributed by atoms with Crippen LogP contribution in [0.4, 0.5) is 4.79 Å². The van der Waals surface area contributed by atoms with Gasteiger partial charge in [-0.25, -0.2) is 4.79 Å². The predicted octanol–water partition coefficient (Wildman–Crippen LogP) is 9.73. The van der Waals surface area contributed by atoms with Crippen LogP contribution in [0.15, 0.2) is 11.6 Å². The molecule has 3 fully saturated rings. The van der Waals surface area contributed by atoms with E-state index in [-0.39, 0.29) is 28.7 Å². The zero-order chi connectivity index (χ0) is 33.4. The highest BCUT2D eigenvalue weighted by Gasteiger charge is 2.59. The third-order valence-electron chi connectivity index (χ3n) is 13.9. The number of nitrogens with two attached hydrogens (primary N) is 2. The van der Waals surface area contributed by atoms with E-state index >= 15 is 0 Å². The van der Waals surface area contributed by atoms with E-state index in [1.807, 2.05) is 32.6 Å². The van der Waals surface area contributed by atoms with Gasteiger partial charge in [0, 0.05) is 30.6 Å². The molecule has 260 valence electrons. The molecule has 4 aliphatic carbocycles. The van der Waals surface area contributed by atoms with Gasteiger partial charge in [-0.05, 0) is 144 Å². The molecule has 4 aliphatic rings. The van der Waals surface area contributed by atoms with Crippen molar-refractivity contribution in [3.05, 3.63) is 11.6 Å². The third-order valence-corrected chi connectivity index (χ3v) is 13.9. The van der Waals surface area contributed by atoms with Crippen LogP contribution in [0, 0.1) is 52.3 Å². The quantitative estimate of drug-likeness (QED) is 0.199. The fourth-order valence-electron chi connectivity index (χ4n) is 10.7. The summed E-state index contributed by atoms with van der Waals surface area (Å²) in [5, 5.41) is 0. The minimum Gasteiger partial charge on any atom is -0.446 e. The molecule has 0 radical (unpaired) electrons. The number of carbonyl (C=O) groups excluding carboxylic acids is 1. The maximum Gasteiger partial charge on any atom is 0.410 e. The molecule has 0 aromatic heterocycles. The summed E-state index contributed by atoms with van der Waals surface area (Å²) in [6.07, 6.45) is 17.9. The van der Waals surface area contributed by atoms with Crippen LogP contribution in [0.25, 0.3) is 0 Å². The maximum atomic E-state index is 13.5. The lowest BCUT2D eigenvalue weighted by Crippen LogP contribution is -2.51. The molecule has 3 saturated carbocycles. The van der Waals surface area contributed by atoms with Gasteiger partial charge in [-0.3, -0.25) is 0 Å². The summed E-state index contributed by atoms with van der Waals surface area (Å²) in [5.41, 5.74) is 14.3. The van der Waals surface area contributed by atoms with Crippen LogP contribution < -0.4 is 11.5 Å². The zero-order valence-corrected chi connectivity index (χ0v) is 31.2. The van der Waals surface area contributed by atoms with E-state index in [1.165, 1.54) is 51.4 Å². The molecular weight excluding hydrogens is 554 g/mol. The Labute approximate surface area is 278 Å². The van der Waals surface area contributed by atoms with Gasteiger partial charge in [0.25, 0.3) is 0 Å². The van der Waals surface area contributed by atoms with E-state index in [0.29, 0.717) is 18.5 Å². The lowest BCUT2D eigenvalue weighted by molar-refractivity contribution is -0.0596. The van der Waals surface area contributed by atoms with Crippen LogP contribution in [0.5, 0.6) is 0 Å². The highest BCUT2D eigenvalue weighted by atomic mass is 16.6. The van der Waals surface area contributed by atoms with Crippen molar-refractivity contribution >= 4 is 6.09 Å². The highest BCUT2D eigenvalue weighted by molar-refractivity contribution is 5.68. The minimum atomic E-state index is -0.327. The van der Waals surface area contributed by atoms with E-state index in [2.05, 4.69) is 47.6 Å². The molecule has 0 saturated heterocycles. The van der Waals surface area contributed by atoms with Crippen LogP contribution in [0.2, 0.25) is 0 Å². The molecule has 0 bridgehead atoms. The molecule has 0 aromatic rings. The van der Waals surface area contributed by atoms with E-state index in [9.17, 15) is 4.79 Å². The lowest BCUT2D eigenvalue weighted by atomic mass is 9.47. The van der Waals surface area contributed by atoms with Crippen LogP contribution in [-0.2, 0) is 4.74 Å². The van der Waals surface area contributed by atoms with Gasteiger partial charge < -0.3 is 21.1 Å². The summed E-state index contributed by atoms with van der Waals surface area (Å²) in [6, 6.07) is 0. The molecular formula is C40H73N3O2. The topological polar surface area (TPSA) is 81.6 Å². The van der Waals surface area contributed by atoms with Crippen molar-refractivity contribution in [2.45, 2.75) is 170 Å². The molecule has 0 heterocycles. The number of hydrogen-bond acceptors (Lipinski definition) is 4. The normalized spacial score (nSPS) is 34.8. The fraction of sp³-hybridized carbons (Fsp3) is 0.925. The maximum absolute atomic E-state index is 13.5. The number of allylic oxidation sites excluding steroid dienone is 1. The summed E-state index contributed by atoms with van der Waals surface area (Å²) in [7, 11) is 0. The van der Waals surface area contributed by atoms with Gasteiger partial charge in [-0.1, -0.05) is 66.0 Å². The first kappa shape index (κ1) is 36.8. The number of carbonyl (C=O) groups is 1. The molecule has 4 N–H and O–H groups in total. The Morgan fingerprint density at radius 1 is 0.956 bits per heavy atom. The SMILES string of the molecule is CCC(CCC(C)[C@H]1CC[C@H]2[C@@H]3CC=C4C[C@@H](OC(=O)N(CCC(C)(C)N)CCC(C)(C)N)CC[C@]4(C)[C@H]3CC[C@]12C)C(C)C. The molecule has 0 spiro atoms. The van der Waals surface area contributed by atoms with E-state index in [4.69, 9.17) is 16.2 Å². The second-order valence-electron chi connectivity index (χ2n) is 18.7. The molecule has 5 nitrogen and oxygen atoms in total. The first-order chi connectivity index (χ1) is 20.9. The average molecular weight is 628 g/mol.